The molecule has 1 fully saturated rings. The Hall–Kier alpha value is -3.20. The smallest absolute Gasteiger partial charge is 0.164 e. The molecule has 3 N–H and O–H groups in total. The Bertz CT molecular complexity index is 1130. The molecular weight excluding hydrogens is 372 g/mol. The Kier molecular flexibility index (Phi) is 4.31. The molecule has 4 heterocycles. The molecule has 1 saturated heterocycles. The minimum absolute atomic E-state index is 0.497. The summed E-state index contributed by atoms with van der Waals surface area (Å²) in [5.41, 5.74) is 2.20. The SMILES string of the molecule is C[C@H]1O[C@@H](n2cc(-c3ccco3)c3c(Nc4ccccc4)ncnc32)[C@@H](O)[C@H]1O. The van der Waals surface area contributed by atoms with Gasteiger partial charge in [0, 0.05) is 17.4 Å². The van der Waals surface area contributed by atoms with Gasteiger partial charge in [-0.1, -0.05) is 18.2 Å². The number of hydrogen-bond acceptors (Lipinski definition) is 7. The molecule has 5 rings (SSSR count). The normalized spacial score (nSPS) is 24.2. The second-order valence-electron chi connectivity index (χ2n) is 7.05. The first-order valence-electron chi connectivity index (χ1n) is 9.36. The zero-order valence-corrected chi connectivity index (χ0v) is 15.6. The van der Waals surface area contributed by atoms with Gasteiger partial charge in [-0.05, 0) is 31.2 Å². The lowest BCUT2D eigenvalue weighted by Gasteiger charge is -2.17. The summed E-state index contributed by atoms with van der Waals surface area (Å²) in [5.74, 6) is 1.24. The molecule has 4 aromatic rings. The Morgan fingerprint density at radius 2 is 1.86 bits per heavy atom. The van der Waals surface area contributed by atoms with Crippen molar-refractivity contribution in [2.24, 2.45) is 0 Å². The van der Waals surface area contributed by atoms with Crippen LogP contribution in [0.1, 0.15) is 13.2 Å². The highest BCUT2D eigenvalue weighted by atomic mass is 16.6. The van der Waals surface area contributed by atoms with Gasteiger partial charge >= 0.3 is 0 Å². The number of hydrogen-bond donors (Lipinski definition) is 3. The molecule has 3 aromatic heterocycles. The van der Waals surface area contributed by atoms with Gasteiger partial charge in [0.1, 0.15) is 35.8 Å². The number of nitrogens with one attached hydrogen (secondary N) is 1. The van der Waals surface area contributed by atoms with Crippen LogP contribution in [0.4, 0.5) is 11.5 Å². The van der Waals surface area contributed by atoms with E-state index in [1.807, 2.05) is 42.6 Å². The van der Waals surface area contributed by atoms with Gasteiger partial charge in [0.05, 0.1) is 17.8 Å². The van der Waals surface area contributed by atoms with Gasteiger partial charge in [-0.3, -0.25) is 0 Å². The van der Waals surface area contributed by atoms with E-state index in [1.165, 1.54) is 6.33 Å². The van der Waals surface area contributed by atoms with Crippen LogP contribution in [0.15, 0.2) is 65.7 Å². The number of anilines is 2. The number of aromatic nitrogens is 3. The van der Waals surface area contributed by atoms with Gasteiger partial charge in [0.25, 0.3) is 0 Å². The summed E-state index contributed by atoms with van der Waals surface area (Å²) in [5, 5.41) is 24.7. The van der Waals surface area contributed by atoms with E-state index in [0.717, 1.165) is 16.6 Å². The highest BCUT2D eigenvalue weighted by molar-refractivity contribution is 6.01. The lowest BCUT2D eigenvalue weighted by Crippen LogP contribution is -2.30. The van der Waals surface area contributed by atoms with Crippen LogP contribution in [0, 0.1) is 0 Å². The van der Waals surface area contributed by atoms with Crippen molar-refractivity contribution in [2.45, 2.75) is 31.5 Å². The lowest BCUT2D eigenvalue weighted by molar-refractivity contribution is -0.0296. The first-order valence-corrected chi connectivity index (χ1v) is 9.36. The molecule has 0 aliphatic carbocycles. The fourth-order valence-electron chi connectivity index (χ4n) is 3.71. The van der Waals surface area contributed by atoms with Crippen molar-refractivity contribution in [1.29, 1.82) is 0 Å². The molecule has 8 heteroatoms. The molecule has 1 aliphatic rings. The van der Waals surface area contributed by atoms with E-state index >= 15 is 0 Å². The maximum Gasteiger partial charge on any atom is 0.164 e. The number of fused-ring (bicyclic) bond motifs is 1. The van der Waals surface area contributed by atoms with E-state index < -0.39 is 24.5 Å². The van der Waals surface area contributed by atoms with Crippen molar-refractivity contribution >= 4 is 22.5 Å². The third-order valence-corrected chi connectivity index (χ3v) is 5.18. The molecule has 1 aliphatic heterocycles. The Labute approximate surface area is 166 Å². The molecule has 0 unspecified atom stereocenters. The Morgan fingerprint density at radius 3 is 2.55 bits per heavy atom. The maximum absolute atomic E-state index is 10.5. The summed E-state index contributed by atoms with van der Waals surface area (Å²) >= 11 is 0. The number of furan rings is 1. The molecule has 29 heavy (non-hydrogen) atoms. The number of ether oxygens (including phenoxy) is 1. The number of aliphatic hydroxyl groups excluding tert-OH is 2. The first-order chi connectivity index (χ1) is 14.1. The highest BCUT2D eigenvalue weighted by Gasteiger charge is 2.42. The second kappa shape index (κ2) is 7.00. The molecule has 0 spiro atoms. The molecule has 0 bridgehead atoms. The minimum Gasteiger partial charge on any atom is -0.464 e. The lowest BCUT2D eigenvalue weighted by atomic mass is 10.1. The van der Waals surface area contributed by atoms with Crippen molar-refractivity contribution in [1.82, 2.24) is 14.5 Å². The predicted octanol–water partition coefficient (Wildman–Crippen LogP) is 3.07. The molecule has 0 saturated carbocycles. The maximum atomic E-state index is 10.5. The quantitative estimate of drug-likeness (QED) is 0.490. The number of nitrogens with zero attached hydrogens (tertiary/aromatic N) is 3. The number of aliphatic hydroxyl groups is 2. The highest BCUT2D eigenvalue weighted by Crippen LogP contribution is 2.39. The van der Waals surface area contributed by atoms with Crippen LogP contribution >= 0.6 is 0 Å². The zero-order valence-electron chi connectivity index (χ0n) is 15.6. The Balaban J connectivity index is 1.69. The van der Waals surface area contributed by atoms with Crippen LogP contribution in [0.5, 0.6) is 0 Å². The van der Waals surface area contributed by atoms with Gasteiger partial charge in [-0.15, -0.1) is 0 Å². The molecule has 4 atom stereocenters. The van der Waals surface area contributed by atoms with E-state index in [0.29, 0.717) is 17.2 Å². The average Bonchev–Trinajstić information content (AvgIpc) is 3.45. The zero-order chi connectivity index (χ0) is 20.0. The van der Waals surface area contributed by atoms with Crippen molar-refractivity contribution < 1.29 is 19.4 Å². The van der Waals surface area contributed by atoms with E-state index in [4.69, 9.17) is 9.15 Å². The molecule has 0 radical (unpaired) electrons. The van der Waals surface area contributed by atoms with Gasteiger partial charge in [0.2, 0.25) is 0 Å². The number of rotatable bonds is 4. The van der Waals surface area contributed by atoms with Crippen molar-refractivity contribution in [2.75, 3.05) is 5.32 Å². The third-order valence-electron chi connectivity index (χ3n) is 5.18. The molecule has 8 nitrogen and oxygen atoms in total. The van der Waals surface area contributed by atoms with Gasteiger partial charge in [0.15, 0.2) is 6.23 Å². The second-order valence-corrected chi connectivity index (χ2v) is 7.05. The summed E-state index contributed by atoms with van der Waals surface area (Å²) < 4.78 is 13.2. The van der Waals surface area contributed by atoms with Gasteiger partial charge in [-0.25, -0.2) is 9.97 Å². The van der Waals surface area contributed by atoms with Crippen LogP contribution < -0.4 is 5.32 Å². The fourth-order valence-corrected chi connectivity index (χ4v) is 3.71. The topological polar surface area (TPSA) is 106 Å². The van der Waals surface area contributed by atoms with Crippen molar-refractivity contribution in [3.63, 3.8) is 0 Å². The van der Waals surface area contributed by atoms with E-state index in [9.17, 15) is 10.2 Å². The summed E-state index contributed by atoms with van der Waals surface area (Å²) in [6.07, 6.45) is 1.54. The van der Waals surface area contributed by atoms with E-state index in [2.05, 4.69) is 15.3 Å². The summed E-state index contributed by atoms with van der Waals surface area (Å²) in [6.45, 7) is 1.73. The first kappa shape index (κ1) is 17.9. The number of para-hydroxylation sites is 1. The monoisotopic (exact) mass is 392 g/mol. The molecule has 1 aromatic carbocycles. The van der Waals surface area contributed by atoms with E-state index in [1.54, 1.807) is 23.8 Å². The van der Waals surface area contributed by atoms with Gasteiger partial charge in [-0.2, -0.15) is 0 Å². The fraction of sp³-hybridized carbons (Fsp3) is 0.238. The summed E-state index contributed by atoms with van der Waals surface area (Å²) in [7, 11) is 0. The van der Waals surface area contributed by atoms with Crippen LogP contribution in [-0.2, 0) is 4.74 Å². The Morgan fingerprint density at radius 1 is 1.03 bits per heavy atom. The average molecular weight is 392 g/mol. The van der Waals surface area contributed by atoms with Crippen LogP contribution in [0.3, 0.4) is 0 Å². The van der Waals surface area contributed by atoms with Gasteiger partial charge < -0.3 is 29.3 Å². The third kappa shape index (κ3) is 2.98. The number of benzene rings is 1. The van der Waals surface area contributed by atoms with E-state index in [-0.39, 0.29) is 0 Å². The summed E-state index contributed by atoms with van der Waals surface area (Å²) in [6, 6.07) is 13.4. The van der Waals surface area contributed by atoms with Crippen LogP contribution in [0.25, 0.3) is 22.4 Å². The molecule has 0 amide bonds. The minimum atomic E-state index is -1.08. The standard InChI is InChI=1S/C21H20N4O4/c1-12-17(26)18(27)21(29-12)25-10-14(15-8-5-9-28-15)16-19(22-11-23-20(16)25)24-13-6-3-2-4-7-13/h2-12,17-18,21,26-27H,1H3,(H,22,23,24)/t12-,17+,18+,21-/m1/s1. The molecule has 148 valence electrons. The van der Waals surface area contributed by atoms with Crippen LogP contribution in [-0.4, -0.2) is 43.1 Å². The predicted molar refractivity (Wildman–Crippen MR) is 107 cm³/mol. The van der Waals surface area contributed by atoms with Crippen LogP contribution in [0.2, 0.25) is 0 Å². The summed E-state index contributed by atoms with van der Waals surface area (Å²) in [4.78, 5) is 8.87. The van der Waals surface area contributed by atoms with Crippen molar-refractivity contribution in [3.05, 3.63) is 61.3 Å². The molecular formula is C21H20N4O4. The largest absolute Gasteiger partial charge is 0.464 e. The van der Waals surface area contributed by atoms with Crippen molar-refractivity contribution in [3.8, 4) is 11.3 Å².